The Labute approximate surface area is 227 Å². The first-order valence-electron chi connectivity index (χ1n) is 13.6. The average molecular weight is 548 g/mol. The van der Waals surface area contributed by atoms with Gasteiger partial charge in [-0.15, -0.1) is 0 Å². The van der Waals surface area contributed by atoms with Crippen molar-refractivity contribution in [3.8, 4) is 0 Å². The molecule has 8 heteroatoms. The van der Waals surface area contributed by atoms with Crippen molar-refractivity contribution in [1.82, 2.24) is 10.6 Å². The summed E-state index contributed by atoms with van der Waals surface area (Å²) in [6.07, 6.45) is 3.69. The van der Waals surface area contributed by atoms with Crippen molar-refractivity contribution in [2.45, 2.75) is 89.8 Å². The standard InChI is InChI=1S/C31H38F5N3/c1-18(37-17-29(5,33)34)20-7-10-23(11-8-20)39-26-14-25(31(26)16-27(31)39)38-19(2)28(3,4)15-21-13-22(32)9-12-24(21)30(6,35)36/h7-8,10-11,13,25-27,37-38H,1-2,9,12,14-17H2,3-6H3. The molecule has 5 rings (SSSR count). The molecule has 3 aliphatic carbocycles. The minimum absolute atomic E-state index is 0.0256. The van der Waals surface area contributed by atoms with Gasteiger partial charge < -0.3 is 15.5 Å². The van der Waals surface area contributed by atoms with Crippen LogP contribution in [0.2, 0.25) is 0 Å². The second-order valence-corrected chi connectivity index (χ2v) is 12.7. The number of rotatable bonds is 11. The Morgan fingerprint density at radius 3 is 2.28 bits per heavy atom. The molecule has 1 saturated heterocycles. The van der Waals surface area contributed by atoms with Gasteiger partial charge in [0.2, 0.25) is 0 Å². The number of nitrogens with one attached hydrogen (secondary N) is 2. The molecule has 1 heterocycles. The maximum atomic E-state index is 14.2. The number of allylic oxidation sites excluding steroid dienone is 5. The van der Waals surface area contributed by atoms with E-state index in [-0.39, 0.29) is 35.7 Å². The number of anilines is 1. The highest BCUT2D eigenvalue weighted by Crippen LogP contribution is 2.74. The summed E-state index contributed by atoms with van der Waals surface area (Å²) in [5.74, 6) is -6.12. The van der Waals surface area contributed by atoms with E-state index in [4.69, 9.17) is 0 Å². The first-order valence-corrected chi connectivity index (χ1v) is 13.6. The second kappa shape index (κ2) is 9.13. The third-order valence-electron chi connectivity index (χ3n) is 9.19. The summed E-state index contributed by atoms with van der Waals surface area (Å²) in [6.45, 7) is 13.4. The Hall–Kier alpha value is -2.77. The average Bonchev–Trinajstić information content (AvgIpc) is 3.54. The monoisotopic (exact) mass is 547 g/mol. The maximum Gasteiger partial charge on any atom is 0.267 e. The van der Waals surface area contributed by atoms with E-state index in [0.29, 0.717) is 29.8 Å². The second-order valence-electron chi connectivity index (χ2n) is 12.7. The molecule has 3 fully saturated rings. The van der Waals surface area contributed by atoms with E-state index >= 15 is 0 Å². The lowest BCUT2D eigenvalue weighted by atomic mass is 9.63. The highest BCUT2D eigenvalue weighted by atomic mass is 19.3. The number of benzene rings is 1. The summed E-state index contributed by atoms with van der Waals surface area (Å²) in [5.41, 5.74) is 3.24. The Kier molecular flexibility index (Phi) is 6.51. The van der Waals surface area contributed by atoms with Gasteiger partial charge in [0.1, 0.15) is 5.83 Å². The van der Waals surface area contributed by atoms with Gasteiger partial charge in [-0.2, -0.15) is 0 Å². The van der Waals surface area contributed by atoms with Crippen LogP contribution in [0.25, 0.3) is 5.70 Å². The van der Waals surface area contributed by atoms with Gasteiger partial charge in [0.05, 0.1) is 6.54 Å². The van der Waals surface area contributed by atoms with Crippen LogP contribution in [0.3, 0.4) is 0 Å². The molecule has 1 spiro atoms. The van der Waals surface area contributed by atoms with Crippen LogP contribution in [0.4, 0.5) is 27.6 Å². The zero-order valence-corrected chi connectivity index (χ0v) is 23.1. The molecule has 4 unspecified atom stereocenters. The highest BCUT2D eigenvalue weighted by molar-refractivity contribution is 5.68. The van der Waals surface area contributed by atoms with Gasteiger partial charge in [-0.05, 0) is 55.0 Å². The molecular formula is C31H38F5N3. The minimum Gasteiger partial charge on any atom is -0.385 e. The van der Waals surface area contributed by atoms with Crippen molar-refractivity contribution in [2.75, 3.05) is 11.4 Å². The van der Waals surface area contributed by atoms with Crippen LogP contribution in [0.1, 0.15) is 65.4 Å². The minimum atomic E-state index is -2.97. The fourth-order valence-corrected chi connectivity index (χ4v) is 6.76. The normalized spacial score (nSPS) is 28.0. The van der Waals surface area contributed by atoms with Crippen LogP contribution in [0.15, 0.2) is 66.2 Å². The molecule has 0 radical (unpaired) electrons. The topological polar surface area (TPSA) is 27.3 Å². The summed E-state index contributed by atoms with van der Waals surface area (Å²) >= 11 is 0. The zero-order chi connectivity index (χ0) is 28.5. The predicted octanol–water partition coefficient (Wildman–Crippen LogP) is 7.74. The summed E-state index contributed by atoms with van der Waals surface area (Å²) < 4.78 is 68.8. The van der Waals surface area contributed by atoms with E-state index in [9.17, 15) is 22.0 Å². The van der Waals surface area contributed by atoms with E-state index < -0.39 is 23.8 Å². The fourth-order valence-electron chi connectivity index (χ4n) is 6.76. The molecule has 0 amide bonds. The van der Waals surface area contributed by atoms with Crippen molar-refractivity contribution in [2.24, 2.45) is 10.8 Å². The van der Waals surface area contributed by atoms with Gasteiger partial charge in [-0.25, -0.2) is 22.0 Å². The summed E-state index contributed by atoms with van der Waals surface area (Å²) in [7, 11) is 0. The summed E-state index contributed by atoms with van der Waals surface area (Å²) in [4.78, 5) is 2.43. The summed E-state index contributed by atoms with van der Waals surface area (Å²) in [5, 5.41) is 6.32. The van der Waals surface area contributed by atoms with E-state index in [1.54, 1.807) is 0 Å². The molecular weight excluding hydrogens is 509 g/mol. The van der Waals surface area contributed by atoms with Crippen LogP contribution in [0.5, 0.6) is 0 Å². The van der Waals surface area contributed by atoms with Gasteiger partial charge in [0.25, 0.3) is 11.8 Å². The zero-order valence-electron chi connectivity index (χ0n) is 23.1. The van der Waals surface area contributed by atoms with Crippen LogP contribution in [-0.4, -0.2) is 36.5 Å². The molecule has 39 heavy (non-hydrogen) atoms. The Morgan fingerprint density at radius 2 is 1.69 bits per heavy atom. The van der Waals surface area contributed by atoms with E-state index in [2.05, 4.69) is 28.7 Å². The SMILES string of the molecule is C=C(NCC(C)(F)F)c1ccc(N2C3CC(NC(=C)C(C)(C)CC4=C(C(C)(F)F)CCC(F)=C4)C34CC24)cc1. The third kappa shape index (κ3) is 5.00. The van der Waals surface area contributed by atoms with Gasteiger partial charge in [0, 0.05) is 71.9 Å². The van der Waals surface area contributed by atoms with E-state index in [0.717, 1.165) is 43.6 Å². The van der Waals surface area contributed by atoms with Crippen molar-refractivity contribution < 1.29 is 22.0 Å². The molecule has 212 valence electrons. The lowest BCUT2D eigenvalue weighted by Crippen LogP contribution is -2.73. The first-order chi connectivity index (χ1) is 18.0. The molecule has 2 saturated carbocycles. The molecule has 0 aromatic heterocycles. The largest absolute Gasteiger partial charge is 0.385 e. The van der Waals surface area contributed by atoms with Crippen molar-refractivity contribution in [3.05, 3.63) is 71.7 Å². The van der Waals surface area contributed by atoms with Crippen LogP contribution < -0.4 is 15.5 Å². The lowest BCUT2D eigenvalue weighted by Gasteiger charge is -2.61. The maximum absolute atomic E-state index is 14.2. The number of halogens is 5. The first kappa shape index (κ1) is 27.8. The quantitative estimate of drug-likeness (QED) is 0.278. The van der Waals surface area contributed by atoms with Crippen LogP contribution in [0, 0.1) is 10.8 Å². The molecule has 3 nitrogen and oxygen atoms in total. The molecule has 1 aromatic carbocycles. The number of alkyl halides is 4. The van der Waals surface area contributed by atoms with Crippen molar-refractivity contribution >= 4 is 11.4 Å². The number of hydrogen-bond acceptors (Lipinski definition) is 3. The molecule has 4 aliphatic rings. The van der Waals surface area contributed by atoms with E-state index in [1.165, 1.54) is 6.08 Å². The van der Waals surface area contributed by atoms with Crippen molar-refractivity contribution in [1.29, 1.82) is 0 Å². The molecule has 0 bridgehead atoms. The lowest BCUT2D eigenvalue weighted by molar-refractivity contribution is 0.0267. The third-order valence-corrected chi connectivity index (χ3v) is 9.19. The van der Waals surface area contributed by atoms with Gasteiger partial charge in [-0.1, -0.05) is 39.1 Å². The predicted molar refractivity (Wildman–Crippen MR) is 146 cm³/mol. The van der Waals surface area contributed by atoms with Gasteiger partial charge in [0.15, 0.2) is 0 Å². The molecule has 4 atom stereocenters. The highest BCUT2D eigenvalue weighted by Gasteiger charge is 2.82. The number of piperidine rings is 1. The summed E-state index contributed by atoms with van der Waals surface area (Å²) in [6, 6.07) is 8.97. The Balaban J connectivity index is 1.18. The van der Waals surface area contributed by atoms with Crippen LogP contribution >= 0.6 is 0 Å². The fraction of sp³-hybridized carbons (Fsp3) is 0.548. The number of nitrogens with zero attached hydrogens (tertiary/aromatic N) is 1. The molecule has 1 aliphatic heterocycles. The van der Waals surface area contributed by atoms with Gasteiger partial charge >= 0.3 is 0 Å². The van der Waals surface area contributed by atoms with E-state index in [1.807, 2.05) is 38.1 Å². The Morgan fingerprint density at radius 1 is 1.03 bits per heavy atom. The van der Waals surface area contributed by atoms with Crippen LogP contribution in [-0.2, 0) is 0 Å². The Bertz CT molecular complexity index is 1230. The smallest absolute Gasteiger partial charge is 0.267 e. The number of hydrogen-bond donors (Lipinski definition) is 2. The van der Waals surface area contributed by atoms with Crippen molar-refractivity contribution in [3.63, 3.8) is 0 Å². The molecule has 2 N–H and O–H groups in total. The molecule has 1 aromatic rings. The van der Waals surface area contributed by atoms with Gasteiger partial charge in [-0.3, -0.25) is 0 Å².